The van der Waals surface area contributed by atoms with E-state index in [9.17, 15) is 4.79 Å². The number of hydrogen-bond donors (Lipinski definition) is 1. The van der Waals surface area contributed by atoms with Gasteiger partial charge in [0.15, 0.2) is 5.16 Å². The van der Waals surface area contributed by atoms with E-state index in [1.807, 2.05) is 6.26 Å². The third-order valence-corrected chi connectivity index (χ3v) is 2.80. The molecule has 6 heteroatoms. The fourth-order valence-corrected chi connectivity index (χ4v) is 1.87. The molecule has 0 radical (unpaired) electrons. The van der Waals surface area contributed by atoms with Gasteiger partial charge in [0.05, 0.1) is 5.69 Å². The molecule has 1 heterocycles. The predicted octanol–water partition coefficient (Wildman–Crippen LogP) is 1.94. The summed E-state index contributed by atoms with van der Waals surface area (Å²) in [5.74, 6) is 0. The highest BCUT2D eigenvalue weighted by atomic mass is 35.5. The van der Waals surface area contributed by atoms with Crippen LogP contribution in [0.1, 0.15) is 0 Å². The molecular weight excluding hydrogens is 234 g/mol. The summed E-state index contributed by atoms with van der Waals surface area (Å²) in [6.07, 6.45) is 1.86. The van der Waals surface area contributed by atoms with E-state index in [2.05, 4.69) is 10.2 Å². The van der Waals surface area contributed by atoms with Gasteiger partial charge in [-0.15, -0.1) is 5.10 Å². The molecule has 1 N–H and O–H groups in total. The van der Waals surface area contributed by atoms with Crippen LogP contribution in [0.3, 0.4) is 0 Å². The van der Waals surface area contributed by atoms with Crippen LogP contribution in [0.5, 0.6) is 0 Å². The van der Waals surface area contributed by atoms with Crippen molar-refractivity contribution in [1.82, 2.24) is 14.8 Å². The summed E-state index contributed by atoms with van der Waals surface area (Å²) >= 11 is 7.17. The molecule has 0 aliphatic heterocycles. The molecule has 15 heavy (non-hydrogen) atoms. The molecule has 1 aromatic carbocycles. The number of halogens is 1. The second-order valence-corrected chi connectivity index (χ2v) is 4.04. The van der Waals surface area contributed by atoms with E-state index in [4.69, 9.17) is 11.6 Å². The van der Waals surface area contributed by atoms with Crippen molar-refractivity contribution in [2.45, 2.75) is 5.16 Å². The highest BCUT2D eigenvalue weighted by Gasteiger charge is 2.08. The minimum Gasteiger partial charge on any atom is -0.246 e. The number of hydrogen-bond acceptors (Lipinski definition) is 3. The van der Waals surface area contributed by atoms with E-state index in [0.717, 1.165) is 5.69 Å². The number of nitrogens with zero attached hydrogens (tertiary/aromatic N) is 2. The topological polar surface area (TPSA) is 50.7 Å². The van der Waals surface area contributed by atoms with Crippen LogP contribution >= 0.6 is 23.4 Å². The van der Waals surface area contributed by atoms with Gasteiger partial charge in [0.25, 0.3) is 0 Å². The van der Waals surface area contributed by atoms with Gasteiger partial charge in [-0.25, -0.2) is 14.5 Å². The summed E-state index contributed by atoms with van der Waals surface area (Å²) in [7, 11) is 0. The third kappa shape index (κ3) is 1.93. The Kier molecular flexibility index (Phi) is 2.83. The molecule has 0 aliphatic carbocycles. The maximum absolute atomic E-state index is 11.5. The van der Waals surface area contributed by atoms with E-state index in [1.165, 1.54) is 16.3 Å². The Balaban J connectivity index is 2.57. The number of nitrogens with one attached hydrogen (secondary N) is 1. The lowest BCUT2D eigenvalue weighted by atomic mass is 10.3. The molecule has 0 fully saturated rings. The molecule has 0 bridgehead atoms. The average Bonchev–Trinajstić information content (AvgIpc) is 2.61. The molecule has 2 rings (SSSR count). The van der Waals surface area contributed by atoms with E-state index in [1.54, 1.807) is 24.3 Å². The molecule has 0 saturated heterocycles. The first kappa shape index (κ1) is 10.3. The van der Waals surface area contributed by atoms with Crippen molar-refractivity contribution in [1.29, 1.82) is 0 Å². The van der Waals surface area contributed by atoms with E-state index in [-0.39, 0.29) is 5.69 Å². The van der Waals surface area contributed by atoms with Gasteiger partial charge in [0.1, 0.15) is 0 Å². The van der Waals surface area contributed by atoms with Gasteiger partial charge in [0, 0.05) is 5.02 Å². The average molecular weight is 242 g/mol. The van der Waals surface area contributed by atoms with Crippen LogP contribution < -0.4 is 5.69 Å². The maximum atomic E-state index is 11.5. The third-order valence-electron chi connectivity index (χ3n) is 1.91. The molecule has 0 unspecified atom stereocenters. The first-order valence-electron chi connectivity index (χ1n) is 4.19. The van der Waals surface area contributed by atoms with Crippen LogP contribution in [0.25, 0.3) is 5.69 Å². The lowest BCUT2D eigenvalue weighted by molar-refractivity contribution is 0.872. The Labute approximate surface area is 95.3 Å². The standard InChI is InChI=1S/C9H8ClN3OS/c1-15-9-12-11-8(14)13(9)7-4-2-6(10)3-5-7/h2-5H,1H3,(H,11,14). The number of rotatable bonds is 2. The van der Waals surface area contributed by atoms with Crippen LogP contribution in [0.2, 0.25) is 5.02 Å². The monoisotopic (exact) mass is 241 g/mol. The molecule has 0 aliphatic rings. The van der Waals surface area contributed by atoms with Crippen molar-refractivity contribution < 1.29 is 0 Å². The molecule has 0 saturated carbocycles. The lowest BCUT2D eigenvalue weighted by Gasteiger charge is -2.02. The highest BCUT2D eigenvalue weighted by molar-refractivity contribution is 7.98. The number of H-pyrrole nitrogens is 1. The summed E-state index contributed by atoms with van der Waals surface area (Å²) < 4.78 is 1.50. The Morgan fingerprint density at radius 3 is 2.67 bits per heavy atom. The summed E-state index contributed by atoms with van der Waals surface area (Å²) in [6, 6.07) is 7.03. The van der Waals surface area contributed by atoms with Gasteiger partial charge < -0.3 is 0 Å². The van der Waals surface area contributed by atoms with Gasteiger partial charge in [-0.2, -0.15) is 0 Å². The zero-order valence-corrected chi connectivity index (χ0v) is 9.47. The van der Waals surface area contributed by atoms with Crippen molar-refractivity contribution >= 4 is 23.4 Å². The van der Waals surface area contributed by atoms with Gasteiger partial charge in [0.2, 0.25) is 0 Å². The molecular formula is C9H8ClN3OS. The fraction of sp³-hybridized carbons (Fsp3) is 0.111. The minimum atomic E-state index is -0.248. The van der Waals surface area contributed by atoms with E-state index in [0.29, 0.717) is 10.2 Å². The van der Waals surface area contributed by atoms with Crippen LogP contribution in [0, 0.1) is 0 Å². The molecule has 0 atom stereocenters. The van der Waals surface area contributed by atoms with Gasteiger partial charge in [-0.3, -0.25) is 0 Å². The SMILES string of the molecule is CSc1n[nH]c(=O)n1-c1ccc(Cl)cc1. The second-order valence-electron chi connectivity index (χ2n) is 2.83. The van der Waals surface area contributed by atoms with Crippen molar-refractivity contribution in [3.8, 4) is 5.69 Å². The second kappa shape index (κ2) is 4.12. The van der Waals surface area contributed by atoms with Crippen molar-refractivity contribution in [3.63, 3.8) is 0 Å². The Hall–Kier alpha value is -1.20. The minimum absolute atomic E-state index is 0.248. The first-order valence-corrected chi connectivity index (χ1v) is 5.80. The first-order chi connectivity index (χ1) is 7.22. The zero-order valence-electron chi connectivity index (χ0n) is 7.90. The summed E-state index contributed by atoms with van der Waals surface area (Å²) in [5.41, 5.74) is 0.504. The van der Waals surface area contributed by atoms with Crippen molar-refractivity contribution in [3.05, 3.63) is 39.8 Å². The van der Waals surface area contributed by atoms with Crippen LogP contribution in [-0.4, -0.2) is 21.0 Å². The number of thioether (sulfide) groups is 1. The van der Waals surface area contributed by atoms with Crippen LogP contribution in [0.4, 0.5) is 0 Å². The summed E-state index contributed by atoms with van der Waals surface area (Å²) in [4.78, 5) is 11.5. The van der Waals surface area contributed by atoms with E-state index < -0.39 is 0 Å². The lowest BCUT2D eigenvalue weighted by Crippen LogP contribution is -2.15. The molecule has 78 valence electrons. The molecule has 0 spiro atoms. The Bertz CT molecular complexity index is 517. The Morgan fingerprint density at radius 2 is 2.07 bits per heavy atom. The normalized spacial score (nSPS) is 10.5. The van der Waals surface area contributed by atoms with Gasteiger partial charge in [-0.1, -0.05) is 23.4 Å². The van der Waals surface area contributed by atoms with Crippen LogP contribution in [0.15, 0.2) is 34.2 Å². The fourth-order valence-electron chi connectivity index (χ4n) is 1.24. The molecule has 2 aromatic rings. The largest absolute Gasteiger partial charge is 0.348 e. The van der Waals surface area contributed by atoms with Crippen molar-refractivity contribution in [2.24, 2.45) is 0 Å². The van der Waals surface area contributed by atoms with Gasteiger partial charge in [-0.05, 0) is 30.5 Å². The Morgan fingerprint density at radius 1 is 1.40 bits per heavy atom. The van der Waals surface area contributed by atoms with Gasteiger partial charge >= 0.3 is 5.69 Å². The smallest absolute Gasteiger partial charge is 0.246 e. The summed E-state index contributed by atoms with van der Waals surface area (Å²) in [6.45, 7) is 0. The molecule has 4 nitrogen and oxygen atoms in total. The number of aromatic amines is 1. The predicted molar refractivity (Wildman–Crippen MR) is 61.0 cm³/mol. The number of benzene rings is 1. The molecule has 1 aromatic heterocycles. The zero-order chi connectivity index (χ0) is 10.8. The van der Waals surface area contributed by atoms with Crippen molar-refractivity contribution in [2.75, 3.05) is 6.26 Å². The molecule has 0 amide bonds. The maximum Gasteiger partial charge on any atom is 0.348 e. The summed E-state index contributed by atoms with van der Waals surface area (Å²) in [5, 5.41) is 7.56. The highest BCUT2D eigenvalue weighted by Crippen LogP contribution is 2.16. The van der Waals surface area contributed by atoms with Crippen LogP contribution in [-0.2, 0) is 0 Å². The number of aromatic nitrogens is 3. The quantitative estimate of drug-likeness (QED) is 0.818. The van der Waals surface area contributed by atoms with E-state index >= 15 is 0 Å².